The molecule has 0 aromatic carbocycles. The van der Waals surface area contributed by atoms with Gasteiger partial charge in [0.2, 0.25) is 0 Å². The van der Waals surface area contributed by atoms with Crippen LogP contribution in [0.1, 0.15) is 6.23 Å². The van der Waals surface area contributed by atoms with E-state index in [9.17, 15) is 29.9 Å². The number of aliphatic hydroxyl groups excluding tert-OH is 3. The minimum atomic E-state index is -1.59. The largest absolute Gasteiger partial charge is 0.394 e. The second-order valence-corrected chi connectivity index (χ2v) is 4.17. The third-order valence-corrected chi connectivity index (χ3v) is 2.94. The lowest BCUT2D eigenvalue weighted by Gasteiger charge is -2.16. The molecule has 1 aliphatic heterocycles. The zero-order valence-electron chi connectivity index (χ0n) is 9.87. The maximum atomic E-state index is 11.6. The molecule has 1 aromatic heterocycles. The van der Waals surface area contributed by atoms with E-state index in [1.807, 2.05) is 0 Å². The summed E-state index contributed by atoms with van der Waals surface area (Å²) in [7, 11) is 0. The van der Waals surface area contributed by atoms with E-state index in [0.717, 1.165) is 0 Å². The van der Waals surface area contributed by atoms with E-state index in [2.05, 4.69) is 0 Å². The molecular formula is C9H11N3O8. The van der Waals surface area contributed by atoms with Crippen molar-refractivity contribution in [1.29, 1.82) is 0 Å². The lowest BCUT2D eigenvalue weighted by molar-refractivity contribution is -0.387. The smallest absolute Gasteiger partial charge is 0.350 e. The summed E-state index contributed by atoms with van der Waals surface area (Å²) in [4.78, 5) is 34.2. The predicted molar refractivity (Wildman–Crippen MR) is 61.0 cm³/mol. The van der Waals surface area contributed by atoms with Crippen LogP contribution >= 0.6 is 0 Å². The topological polar surface area (TPSA) is 168 Å². The van der Waals surface area contributed by atoms with Crippen molar-refractivity contribution >= 4 is 5.69 Å². The normalized spacial score (nSPS) is 29.6. The van der Waals surface area contributed by atoms with Gasteiger partial charge in [0.25, 0.3) is 0 Å². The molecule has 11 heteroatoms. The van der Waals surface area contributed by atoms with Crippen molar-refractivity contribution in [1.82, 2.24) is 9.55 Å². The second kappa shape index (κ2) is 5.13. The molecule has 20 heavy (non-hydrogen) atoms. The molecule has 2 rings (SSSR count). The summed E-state index contributed by atoms with van der Waals surface area (Å²) in [6, 6.07) is 0. The van der Waals surface area contributed by atoms with Crippen LogP contribution in [0.4, 0.5) is 5.69 Å². The van der Waals surface area contributed by atoms with Gasteiger partial charge in [-0.15, -0.1) is 0 Å². The van der Waals surface area contributed by atoms with Crippen molar-refractivity contribution in [3.63, 3.8) is 0 Å². The van der Waals surface area contributed by atoms with E-state index in [1.165, 1.54) is 0 Å². The molecule has 1 aromatic rings. The summed E-state index contributed by atoms with van der Waals surface area (Å²) < 4.78 is 5.63. The van der Waals surface area contributed by atoms with Gasteiger partial charge in [0, 0.05) is 0 Å². The van der Waals surface area contributed by atoms with Crippen LogP contribution in [0.3, 0.4) is 0 Å². The Kier molecular flexibility index (Phi) is 3.67. The van der Waals surface area contributed by atoms with Crippen LogP contribution < -0.4 is 11.2 Å². The Morgan fingerprint density at radius 1 is 1.40 bits per heavy atom. The Labute approximate surface area is 109 Å². The van der Waals surface area contributed by atoms with Crippen LogP contribution in [0.2, 0.25) is 0 Å². The van der Waals surface area contributed by atoms with E-state index in [-0.39, 0.29) is 0 Å². The van der Waals surface area contributed by atoms with Crippen LogP contribution in [0.15, 0.2) is 15.8 Å². The molecule has 0 bridgehead atoms. The number of H-pyrrole nitrogens is 1. The van der Waals surface area contributed by atoms with E-state index in [1.54, 1.807) is 4.98 Å². The number of nitro groups is 1. The molecule has 0 amide bonds. The Hall–Kier alpha value is -2.08. The minimum Gasteiger partial charge on any atom is -0.394 e. The molecule has 1 saturated heterocycles. The first-order valence-corrected chi connectivity index (χ1v) is 5.49. The van der Waals surface area contributed by atoms with Gasteiger partial charge in [-0.1, -0.05) is 0 Å². The fourth-order valence-corrected chi connectivity index (χ4v) is 1.90. The average molecular weight is 289 g/mol. The lowest BCUT2D eigenvalue weighted by Crippen LogP contribution is -2.38. The third-order valence-electron chi connectivity index (χ3n) is 2.94. The van der Waals surface area contributed by atoms with Crippen LogP contribution in [0.25, 0.3) is 0 Å². The number of nitrogens with one attached hydrogen (secondary N) is 1. The van der Waals surface area contributed by atoms with Gasteiger partial charge in [0.1, 0.15) is 18.3 Å². The van der Waals surface area contributed by atoms with E-state index in [4.69, 9.17) is 9.84 Å². The molecule has 0 spiro atoms. The highest BCUT2D eigenvalue weighted by Gasteiger charge is 2.44. The highest BCUT2D eigenvalue weighted by molar-refractivity contribution is 5.21. The van der Waals surface area contributed by atoms with E-state index < -0.39 is 53.0 Å². The number of nitrogens with zero attached hydrogens (tertiary/aromatic N) is 2. The average Bonchev–Trinajstić information content (AvgIpc) is 2.66. The Bertz CT molecular complexity index is 637. The van der Waals surface area contributed by atoms with Gasteiger partial charge in [-0.25, -0.2) is 4.79 Å². The number of aliphatic hydroxyl groups is 3. The maximum Gasteiger partial charge on any atom is 0.350 e. The van der Waals surface area contributed by atoms with Gasteiger partial charge in [0.15, 0.2) is 6.23 Å². The van der Waals surface area contributed by atoms with E-state index >= 15 is 0 Å². The van der Waals surface area contributed by atoms with Gasteiger partial charge >= 0.3 is 16.9 Å². The molecule has 4 N–H and O–H groups in total. The number of hydrogen-bond donors (Lipinski definition) is 4. The van der Waals surface area contributed by atoms with Crippen LogP contribution in [0, 0.1) is 10.1 Å². The molecule has 110 valence electrons. The zero-order valence-corrected chi connectivity index (χ0v) is 9.87. The molecule has 0 saturated carbocycles. The summed E-state index contributed by atoms with van der Waals surface area (Å²) in [5, 5.41) is 38.9. The van der Waals surface area contributed by atoms with Gasteiger partial charge < -0.3 is 20.1 Å². The molecule has 2 heterocycles. The van der Waals surface area contributed by atoms with Crippen molar-refractivity contribution < 1.29 is 25.0 Å². The SMILES string of the molecule is O=c1[nH]c(=O)n(C2OC(CO)C(O)C2O)cc1[N+](=O)[O-]. The zero-order chi connectivity index (χ0) is 15.0. The summed E-state index contributed by atoms with van der Waals surface area (Å²) in [6.07, 6.45) is -5.04. The lowest BCUT2D eigenvalue weighted by atomic mass is 10.1. The van der Waals surface area contributed by atoms with Crippen molar-refractivity contribution in [2.24, 2.45) is 0 Å². The number of hydrogen-bond acceptors (Lipinski definition) is 8. The van der Waals surface area contributed by atoms with Crippen LogP contribution in [-0.2, 0) is 4.74 Å². The summed E-state index contributed by atoms with van der Waals surface area (Å²) in [5.74, 6) is 0. The minimum absolute atomic E-state index is 0.586. The molecule has 1 fully saturated rings. The number of aromatic amines is 1. The van der Waals surface area contributed by atoms with Crippen molar-refractivity contribution in [2.75, 3.05) is 6.61 Å². The summed E-state index contributed by atoms with van der Waals surface area (Å²) in [6.45, 7) is -0.616. The standard InChI is InChI=1S/C9H11N3O8/c13-2-4-5(14)6(15)8(20-4)11-1-3(12(18)19)7(16)10-9(11)17/h1,4-6,8,13-15H,2H2,(H,10,16,17). The first kappa shape index (κ1) is 14.3. The highest BCUT2D eigenvalue weighted by Crippen LogP contribution is 2.28. The molecule has 4 atom stereocenters. The molecular weight excluding hydrogens is 278 g/mol. The third kappa shape index (κ3) is 2.22. The number of rotatable bonds is 3. The Morgan fingerprint density at radius 3 is 2.55 bits per heavy atom. The van der Waals surface area contributed by atoms with Gasteiger partial charge in [-0.3, -0.25) is 24.5 Å². The van der Waals surface area contributed by atoms with Gasteiger partial charge in [-0.2, -0.15) is 0 Å². The predicted octanol–water partition coefficient (Wildman–Crippen LogP) is -2.94. The van der Waals surface area contributed by atoms with Crippen LogP contribution in [-0.4, -0.2) is 54.7 Å². The number of ether oxygens (including phenoxy) is 1. The van der Waals surface area contributed by atoms with E-state index in [0.29, 0.717) is 10.8 Å². The Morgan fingerprint density at radius 2 is 2.05 bits per heavy atom. The molecule has 0 aliphatic carbocycles. The van der Waals surface area contributed by atoms with Crippen molar-refractivity contribution in [2.45, 2.75) is 24.5 Å². The molecule has 0 radical (unpaired) electrons. The van der Waals surface area contributed by atoms with Gasteiger partial charge in [0.05, 0.1) is 17.7 Å². The molecule has 4 unspecified atom stereocenters. The first-order chi connectivity index (χ1) is 9.36. The maximum absolute atomic E-state index is 11.6. The highest BCUT2D eigenvalue weighted by atomic mass is 16.6. The van der Waals surface area contributed by atoms with Gasteiger partial charge in [-0.05, 0) is 0 Å². The second-order valence-electron chi connectivity index (χ2n) is 4.17. The summed E-state index contributed by atoms with van der Waals surface area (Å²) >= 11 is 0. The fourth-order valence-electron chi connectivity index (χ4n) is 1.90. The first-order valence-electron chi connectivity index (χ1n) is 5.49. The molecule has 11 nitrogen and oxygen atoms in total. The monoisotopic (exact) mass is 289 g/mol. The van der Waals surface area contributed by atoms with Crippen molar-refractivity contribution in [3.05, 3.63) is 37.1 Å². The van der Waals surface area contributed by atoms with Crippen LogP contribution in [0.5, 0.6) is 0 Å². The quantitative estimate of drug-likeness (QED) is 0.338. The number of aromatic nitrogens is 2. The Balaban J connectivity index is 2.48. The van der Waals surface area contributed by atoms with Crippen molar-refractivity contribution in [3.8, 4) is 0 Å². The fraction of sp³-hybridized carbons (Fsp3) is 0.556. The summed E-state index contributed by atoms with van der Waals surface area (Å²) in [5.41, 5.74) is -3.15. The molecule has 1 aliphatic rings.